The molecule has 17 heavy (non-hydrogen) atoms. The Balaban J connectivity index is 2.43. The Morgan fingerprint density at radius 1 is 1.53 bits per heavy atom. The number of nitrogens with zero attached hydrogens (tertiary/aromatic N) is 3. The predicted octanol–water partition coefficient (Wildman–Crippen LogP) is -1.37. The van der Waals surface area contributed by atoms with Gasteiger partial charge in [-0.15, -0.1) is 5.10 Å². The molecule has 8 heteroatoms. The minimum absolute atomic E-state index is 0.0386. The topological polar surface area (TPSA) is 115 Å². The van der Waals surface area contributed by atoms with Crippen LogP contribution in [0.25, 0.3) is 0 Å². The van der Waals surface area contributed by atoms with Crippen molar-refractivity contribution in [2.75, 3.05) is 13.6 Å². The molecule has 0 spiro atoms. The van der Waals surface area contributed by atoms with E-state index in [2.05, 4.69) is 20.9 Å². The third-order valence-corrected chi connectivity index (χ3v) is 2.01. The number of carbonyl (C=O) groups is 2. The van der Waals surface area contributed by atoms with Crippen molar-refractivity contribution < 1.29 is 9.59 Å². The predicted molar refractivity (Wildman–Crippen MR) is 60.0 cm³/mol. The number of carbonyl (C=O) groups excluding carboxylic acids is 2. The summed E-state index contributed by atoms with van der Waals surface area (Å²) in [6, 6.07) is -0.543. The van der Waals surface area contributed by atoms with Gasteiger partial charge in [0.05, 0.1) is 5.69 Å². The van der Waals surface area contributed by atoms with E-state index >= 15 is 0 Å². The minimum Gasteiger partial charge on any atom is -0.341 e. The SMILES string of the molecule is CNC(=O)NC(=O)Cn1cc(CCCN)nn1. The van der Waals surface area contributed by atoms with Gasteiger partial charge in [-0.25, -0.2) is 9.48 Å². The summed E-state index contributed by atoms with van der Waals surface area (Å²) in [5, 5.41) is 12.1. The van der Waals surface area contributed by atoms with Gasteiger partial charge in [-0.2, -0.15) is 0 Å². The van der Waals surface area contributed by atoms with Crippen molar-refractivity contribution in [3.8, 4) is 0 Å². The largest absolute Gasteiger partial charge is 0.341 e. The summed E-state index contributed by atoms with van der Waals surface area (Å²) in [5.41, 5.74) is 6.15. The van der Waals surface area contributed by atoms with Crippen molar-refractivity contribution in [3.05, 3.63) is 11.9 Å². The summed E-state index contributed by atoms with van der Waals surface area (Å²) in [6.07, 6.45) is 3.22. The van der Waals surface area contributed by atoms with Gasteiger partial charge in [-0.3, -0.25) is 10.1 Å². The van der Waals surface area contributed by atoms with Crippen LogP contribution in [0, 0.1) is 0 Å². The summed E-state index contributed by atoms with van der Waals surface area (Å²) in [6.45, 7) is 0.549. The number of hydrogen-bond acceptors (Lipinski definition) is 5. The van der Waals surface area contributed by atoms with E-state index < -0.39 is 11.9 Å². The molecule has 3 amide bonds. The number of amides is 3. The van der Waals surface area contributed by atoms with E-state index in [0.717, 1.165) is 18.5 Å². The van der Waals surface area contributed by atoms with Crippen LogP contribution in [0.1, 0.15) is 12.1 Å². The molecule has 8 nitrogen and oxygen atoms in total. The van der Waals surface area contributed by atoms with E-state index in [1.165, 1.54) is 11.7 Å². The lowest BCUT2D eigenvalue weighted by Crippen LogP contribution is -2.39. The van der Waals surface area contributed by atoms with Crippen LogP contribution in [0.2, 0.25) is 0 Å². The second-order valence-corrected chi connectivity index (χ2v) is 3.43. The Morgan fingerprint density at radius 2 is 2.29 bits per heavy atom. The number of aryl methyl sites for hydroxylation is 1. The van der Waals surface area contributed by atoms with Crippen molar-refractivity contribution in [1.82, 2.24) is 25.6 Å². The van der Waals surface area contributed by atoms with Crippen LogP contribution >= 0.6 is 0 Å². The summed E-state index contributed by atoms with van der Waals surface area (Å²) in [7, 11) is 1.43. The summed E-state index contributed by atoms with van der Waals surface area (Å²) >= 11 is 0. The third kappa shape index (κ3) is 4.60. The van der Waals surface area contributed by atoms with E-state index in [1.54, 1.807) is 6.20 Å². The van der Waals surface area contributed by atoms with Crippen LogP contribution in [-0.2, 0) is 17.8 Å². The molecule has 0 fully saturated rings. The molecule has 0 unspecified atom stereocenters. The Hall–Kier alpha value is -1.96. The number of nitrogens with one attached hydrogen (secondary N) is 2. The highest BCUT2D eigenvalue weighted by molar-refractivity contribution is 5.93. The molecule has 1 aromatic heterocycles. The van der Waals surface area contributed by atoms with Crippen molar-refractivity contribution in [3.63, 3.8) is 0 Å². The lowest BCUT2D eigenvalue weighted by Gasteiger charge is -2.02. The number of rotatable bonds is 5. The van der Waals surface area contributed by atoms with Crippen LogP contribution in [0.4, 0.5) is 4.79 Å². The molecule has 1 rings (SSSR count). The molecule has 0 aliphatic carbocycles. The first kappa shape index (κ1) is 13.1. The monoisotopic (exact) mass is 240 g/mol. The Labute approximate surface area is 98.5 Å². The maximum Gasteiger partial charge on any atom is 0.321 e. The highest BCUT2D eigenvalue weighted by atomic mass is 16.2. The van der Waals surface area contributed by atoms with Gasteiger partial charge in [0.15, 0.2) is 0 Å². The molecular formula is C9H16N6O2. The number of nitrogens with two attached hydrogens (primary N) is 1. The Morgan fingerprint density at radius 3 is 2.94 bits per heavy atom. The van der Waals surface area contributed by atoms with Crippen molar-refractivity contribution in [1.29, 1.82) is 0 Å². The maximum atomic E-state index is 11.3. The molecule has 0 saturated carbocycles. The van der Waals surface area contributed by atoms with Crippen molar-refractivity contribution in [2.24, 2.45) is 5.73 Å². The van der Waals surface area contributed by atoms with Gasteiger partial charge in [0.1, 0.15) is 6.54 Å². The van der Waals surface area contributed by atoms with Crippen molar-refractivity contribution >= 4 is 11.9 Å². The molecule has 0 aliphatic rings. The summed E-state index contributed by atoms with van der Waals surface area (Å²) in [5.74, 6) is -0.445. The van der Waals surface area contributed by atoms with Crippen LogP contribution in [-0.4, -0.2) is 40.5 Å². The molecule has 0 radical (unpaired) electrons. The Kier molecular flexibility index (Phi) is 5.08. The van der Waals surface area contributed by atoms with E-state index in [9.17, 15) is 9.59 Å². The van der Waals surface area contributed by atoms with Crippen LogP contribution in [0.3, 0.4) is 0 Å². The Bertz CT molecular complexity index is 389. The van der Waals surface area contributed by atoms with E-state index in [-0.39, 0.29) is 6.54 Å². The molecule has 4 N–H and O–H groups in total. The summed E-state index contributed by atoms with van der Waals surface area (Å²) < 4.78 is 1.38. The van der Waals surface area contributed by atoms with Crippen molar-refractivity contribution in [2.45, 2.75) is 19.4 Å². The molecular weight excluding hydrogens is 224 g/mol. The maximum absolute atomic E-state index is 11.3. The first-order chi connectivity index (χ1) is 8.15. The zero-order valence-electron chi connectivity index (χ0n) is 9.64. The standard InChI is InChI=1S/C9H16N6O2/c1-11-9(17)12-8(16)6-15-5-7(13-14-15)3-2-4-10/h5H,2-4,6,10H2,1H3,(H2,11,12,16,17). The zero-order valence-corrected chi connectivity index (χ0v) is 9.64. The van der Waals surface area contributed by atoms with Crippen LogP contribution < -0.4 is 16.4 Å². The van der Waals surface area contributed by atoms with Gasteiger partial charge in [0.25, 0.3) is 0 Å². The fourth-order valence-electron chi connectivity index (χ4n) is 1.19. The third-order valence-electron chi connectivity index (χ3n) is 2.01. The molecule has 1 heterocycles. The first-order valence-corrected chi connectivity index (χ1v) is 5.26. The lowest BCUT2D eigenvalue weighted by atomic mass is 10.2. The van der Waals surface area contributed by atoms with E-state index in [0.29, 0.717) is 6.54 Å². The number of aromatic nitrogens is 3. The van der Waals surface area contributed by atoms with Gasteiger partial charge < -0.3 is 11.1 Å². The number of imide groups is 1. The molecule has 0 saturated heterocycles. The lowest BCUT2D eigenvalue weighted by molar-refractivity contribution is -0.120. The highest BCUT2D eigenvalue weighted by Crippen LogP contribution is 1.96. The molecule has 94 valence electrons. The van der Waals surface area contributed by atoms with Gasteiger partial charge >= 0.3 is 6.03 Å². The quantitative estimate of drug-likeness (QED) is 0.587. The smallest absolute Gasteiger partial charge is 0.321 e. The van der Waals surface area contributed by atoms with Crippen LogP contribution in [0.15, 0.2) is 6.20 Å². The summed E-state index contributed by atoms with van der Waals surface area (Å²) in [4.78, 5) is 22.2. The second kappa shape index (κ2) is 6.59. The fraction of sp³-hybridized carbons (Fsp3) is 0.556. The number of urea groups is 1. The van der Waals surface area contributed by atoms with Gasteiger partial charge in [0, 0.05) is 13.2 Å². The fourth-order valence-corrected chi connectivity index (χ4v) is 1.19. The average Bonchev–Trinajstić information content (AvgIpc) is 2.73. The number of hydrogen-bond donors (Lipinski definition) is 3. The van der Waals surface area contributed by atoms with E-state index in [4.69, 9.17) is 5.73 Å². The normalized spacial score (nSPS) is 10.0. The highest BCUT2D eigenvalue weighted by Gasteiger charge is 2.08. The zero-order chi connectivity index (χ0) is 12.7. The van der Waals surface area contributed by atoms with E-state index in [1.807, 2.05) is 0 Å². The van der Waals surface area contributed by atoms with Gasteiger partial charge in [-0.1, -0.05) is 5.21 Å². The first-order valence-electron chi connectivity index (χ1n) is 5.26. The van der Waals surface area contributed by atoms with Gasteiger partial charge in [-0.05, 0) is 19.4 Å². The second-order valence-electron chi connectivity index (χ2n) is 3.43. The average molecular weight is 240 g/mol. The van der Waals surface area contributed by atoms with Crippen LogP contribution in [0.5, 0.6) is 0 Å². The molecule has 0 bridgehead atoms. The molecule has 1 aromatic rings. The molecule has 0 aliphatic heterocycles. The molecule has 0 atom stereocenters. The molecule has 0 aromatic carbocycles. The van der Waals surface area contributed by atoms with Gasteiger partial charge in [0.2, 0.25) is 5.91 Å². The minimum atomic E-state index is -0.543.